The van der Waals surface area contributed by atoms with Crippen molar-refractivity contribution < 1.29 is 39.2 Å². The Balaban J connectivity index is 0.00000191. The molecule has 1 aromatic rings. The quantitative estimate of drug-likeness (QED) is 0.0452. The van der Waals surface area contributed by atoms with E-state index in [0.717, 1.165) is 13.2 Å². The molecule has 242 valence electrons. The van der Waals surface area contributed by atoms with Crippen molar-refractivity contribution in [1.82, 2.24) is 4.57 Å². The predicted molar refractivity (Wildman–Crippen MR) is 154 cm³/mol. The van der Waals surface area contributed by atoms with Gasteiger partial charge in [0.2, 0.25) is 6.33 Å². The number of aromatic nitrogens is 2. The summed E-state index contributed by atoms with van der Waals surface area (Å²) in [7, 11) is -10.7. The second-order valence-corrected chi connectivity index (χ2v) is 12.8. The number of hydrogen-bond donors (Lipinski definition) is 0. The van der Waals surface area contributed by atoms with Crippen LogP contribution in [0.2, 0.25) is 0 Å². The normalized spacial score (nSPS) is 13.5. The van der Waals surface area contributed by atoms with Crippen LogP contribution in [0.4, 0.5) is 25.2 Å². The number of nitrogens with zero attached hydrogens (tertiary/aromatic N) is 2. The molecule has 1 heterocycles. The first kappa shape index (κ1) is 39.1. The van der Waals surface area contributed by atoms with Gasteiger partial charge in [-0.05, 0) is 12.8 Å². The van der Waals surface area contributed by atoms with Gasteiger partial charge in [-0.1, -0.05) is 129 Å². The topological polar surface area (TPSA) is 27.3 Å². The Morgan fingerprint density at radius 1 is 0.550 bits per heavy atom. The van der Waals surface area contributed by atoms with Gasteiger partial charge in [-0.25, -0.2) is 9.13 Å². The average molecular weight is 611 g/mol. The molecule has 1 rings (SSSR count). The fourth-order valence-corrected chi connectivity index (χ4v) is 4.31. The molecule has 0 N–H and O–H groups in total. The molecule has 0 atom stereocenters. The van der Waals surface area contributed by atoms with Crippen molar-refractivity contribution in [3.63, 3.8) is 0 Å². The minimum absolute atomic E-state index is 0.642. The third-order valence-electron chi connectivity index (χ3n) is 6.51. The van der Waals surface area contributed by atoms with Gasteiger partial charge in [0.25, 0.3) is 0 Å². The SMILES string of the molecule is CCCCCCCCCCCCOCn1cc[n+](COCCCCCCCCCCCC)c1.F[P-](F)(F)(F)(F)F. The van der Waals surface area contributed by atoms with Gasteiger partial charge in [-0.3, -0.25) is 0 Å². The Morgan fingerprint density at radius 2 is 0.900 bits per heavy atom. The molecule has 0 aliphatic rings. The Hall–Kier alpha value is -0.860. The van der Waals surface area contributed by atoms with Gasteiger partial charge in [0.05, 0.1) is 13.2 Å². The summed E-state index contributed by atoms with van der Waals surface area (Å²) in [6.45, 7) is 7.58. The van der Waals surface area contributed by atoms with Crippen LogP contribution in [-0.2, 0) is 22.9 Å². The Labute approximate surface area is 239 Å². The van der Waals surface area contributed by atoms with Crippen LogP contribution < -0.4 is 4.57 Å². The molecule has 0 bridgehead atoms. The van der Waals surface area contributed by atoms with Crippen LogP contribution in [-0.4, -0.2) is 17.8 Å². The Bertz CT molecular complexity index is 648. The number of hydrogen-bond acceptors (Lipinski definition) is 2. The van der Waals surface area contributed by atoms with Crippen molar-refractivity contribution in [2.24, 2.45) is 0 Å². The molecule has 0 fully saturated rings. The zero-order chi connectivity index (χ0) is 30.1. The van der Waals surface area contributed by atoms with E-state index < -0.39 is 7.81 Å². The molecule has 1 aromatic heterocycles. The first-order valence-corrected chi connectivity index (χ1v) is 17.6. The van der Waals surface area contributed by atoms with E-state index in [4.69, 9.17) is 9.47 Å². The van der Waals surface area contributed by atoms with Crippen molar-refractivity contribution in [3.8, 4) is 0 Å². The first-order valence-electron chi connectivity index (χ1n) is 15.6. The predicted octanol–water partition coefficient (Wildman–Crippen LogP) is 11.9. The molecular weight excluding hydrogens is 553 g/mol. The third-order valence-corrected chi connectivity index (χ3v) is 6.51. The second kappa shape index (κ2) is 21.8. The Morgan fingerprint density at radius 3 is 1.30 bits per heavy atom. The van der Waals surface area contributed by atoms with Gasteiger partial charge in [0, 0.05) is 0 Å². The molecule has 0 aliphatic carbocycles. The standard InChI is InChI=1S/C29H57N2O2.F6P/c1-3-5-7-9-11-13-15-17-19-21-25-32-28-30-23-24-31(27-30)29-33-26-22-20-18-16-14-12-10-8-6-4-2;1-7(2,3,4,5)6/h23-24,27H,3-22,25-26,28-29H2,1-2H3;/q+1;-1. The van der Waals surface area contributed by atoms with Crippen molar-refractivity contribution in [1.29, 1.82) is 0 Å². The van der Waals surface area contributed by atoms with Crippen LogP contribution in [0.15, 0.2) is 18.7 Å². The first-order chi connectivity index (χ1) is 18.8. The molecule has 0 aromatic carbocycles. The molecule has 0 amide bonds. The third kappa shape index (κ3) is 37.1. The summed E-state index contributed by atoms with van der Waals surface area (Å²) >= 11 is 0. The number of unbranched alkanes of at least 4 members (excludes halogenated alkanes) is 18. The van der Waals surface area contributed by atoms with Crippen LogP contribution in [0.25, 0.3) is 0 Å². The number of imidazole rings is 1. The average Bonchev–Trinajstić information content (AvgIpc) is 3.31. The van der Waals surface area contributed by atoms with E-state index in [9.17, 15) is 25.2 Å². The molecule has 40 heavy (non-hydrogen) atoms. The maximum absolute atomic E-state index is 10.7. The fraction of sp³-hybridized carbons (Fsp3) is 0.897. The van der Waals surface area contributed by atoms with Crippen LogP contribution in [0.5, 0.6) is 0 Å². The summed E-state index contributed by atoms with van der Waals surface area (Å²) in [6.07, 6.45) is 33.6. The van der Waals surface area contributed by atoms with E-state index >= 15 is 0 Å². The van der Waals surface area contributed by atoms with Crippen molar-refractivity contribution >= 4 is 7.81 Å². The maximum atomic E-state index is 9.87. The molecular formula is C29H57F6N2O2P. The van der Waals surface area contributed by atoms with Crippen molar-refractivity contribution in [2.75, 3.05) is 13.2 Å². The molecule has 0 unspecified atom stereocenters. The molecule has 4 nitrogen and oxygen atoms in total. The molecule has 0 radical (unpaired) electrons. The summed E-state index contributed by atoms with van der Waals surface area (Å²) in [5.41, 5.74) is 0. The van der Waals surface area contributed by atoms with Crippen LogP contribution in [0.1, 0.15) is 142 Å². The van der Waals surface area contributed by atoms with E-state index in [2.05, 4.69) is 41.7 Å². The summed E-state index contributed by atoms with van der Waals surface area (Å²) in [5, 5.41) is 0. The van der Waals surface area contributed by atoms with Gasteiger partial charge in [0.1, 0.15) is 12.4 Å². The van der Waals surface area contributed by atoms with Gasteiger partial charge in [0.15, 0.2) is 13.5 Å². The molecule has 0 spiro atoms. The van der Waals surface area contributed by atoms with E-state index in [1.165, 1.54) is 128 Å². The van der Waals surface area contributed by atoms with Crippen molar-refractivity contribution in [3.05, 3.63) is 18.7 Å². The van der Waals surface area contributed by atoms with Gasteiger partial charge < -0.3 is 9.47 Å². The van der Waals surface area contributed by atoms with E-state index in [-0.39, 0.29) is 0 Å². The van der Waals surface area contributed by atoms with Crippen LogP contribution >= 0.6 is 7.81 Å². The van der Waals surface area contributed by atoms with E-state index in [0.29, 0.717) is 13.5 Å². The fourth-order valence-electron chi connectivity index (χ4n) is 4.31. The van der Waals surface area contributed by atoms with Crippen LogP contribution in [0.3, 0.4) is 0 Å². The van der Waals surface area contributed by atoms with Gasteiger partial charge in [-0.2, -0.15) is 0 Å². The summed E-state index contributed by atoms with van der Waals surface area (Å²) in [5.74, 6) is 0. The summed E-state index contributed by atoms with van der Waals surface area (Å²) < 4.78 is 75.1. The zero-order valence-corrected chi connectivity index (χ0v) is 26.0. The second-order valence-electron chi connectivity index (χ2n) is 10.8. The van der Waals surface area contributed by atoms with Crippen molar-refractivity contribution in [2.45, 2.75) is 156 Å². The number of halogens is 6. The minimum atomic E-state index is -10.7. The van der Waals surface area contributed by atoms with Gasteiger partial charge >= 0.3 is 33.0 Å². The molecule has 0 saturated carbocycles. The number of ether oxygens (including phenoxy) is 2. The molecule has 0 saturated heterocycles. The molecule has 11 heteroatoms. The summed E-state index contributed by atoms with van der Waals surface area (Å²) in [6, 6.07) is 0. The summed E-state index contributed by atoms with van der Waals surface area (Å²) in [4.78, 5) is 0. The van der Waals surface area contributed by atoms with Gasteiger partial charge in [-0.15, -0.1) is 0 Å². The van der Waals surface area contributed by atoms with E-state index in [1.807, 2.05) is 0 Å². The number of rotatable bonds is 26. The molecule has 0 aliphatic heterocycles. The monoisotopic (exact) mass is 610 g/mol. The van der Waals surface area contributed by atoms with E-state index in [1.54, 1.807) is 0 Å². The zero-order valence-electron chi connectivity index (χ0n) is 25.1. The van der Waals surface area contributed by atoms with Crippen LogP contribution in [0, 0.1) is 0 Å². The Kier molecular flexibility index (Phi) is 21.3.